The fourth-order valence-corrected chi connectivity index (χ4v) is 5.84. The molecule has 154 valence electrons. The Morgan fingerprint density at radius 2 is 2.10 bits per heavy atom. The van der Waals surface area contributed by atoms with Gasteiger partial charge in [0.1, 0.15) is 5.52 Å². The van der Waals surface area contributed by atoms with Gasteiger partial charge in [-0.15, -0.1) is 0 Å². The van der Waals surface area contributed by atoms with Crippen molar-refractivity contribution in [2.75, 3.05) is 6.61 Å². The third-order valence-electron chi connectivity index (χ3n) is 5.47. The number of carbonyl (C=O) groups is 1. The van der Waals surface area contributed by atoms with Gasteiger partial charge in [0, 0.05) is 28.5 Å². The van der Waals surface area contributed by atoms with E-state index in [1.165, 1.54) is 18.3 Å². The first-order valence-electron chi connectivity index (χ1n) is 9.66. The van der Waals surface area contributed by atoms with Crippen LogP contribution in [0.15, 0.2) is 34.1 Å². The van der Waals surface area contributed by atoms with Crippen molar-refractivity contribution in [2.24, 2.45) is 5.73 Å². The van der Waals surface area contributed by atoms with E-state index in [0.29, 0.717) is 42.0 Å². The smallest absolute Gasteiger partial charge is 0.340 e. The summed E-state index contributed by atoms with van der Waals surface area (Å²) in [5.74, 6) is -0.556. The lowest BCUT2D eigenvalue weighted by atomic mass is 10.1. The molecule has 8 nitrogen and oxygen atoms in total. The Hall–Kier alpha value is -2.65. The lowest BCUT2D eigenvalue weighted by Crippen LogP contribution is -2.22. The number of carbonyl (C=O) groups excluding carboxylic acids is 1. The van der Waals surface area contributed by atoms with Gasteiger partial charge in [0.2, 0.25) is 0 Å². The molecule has 4 N–H and O–H groups in total. The van der Waals surface area contributed by atoms with E-state index in [2.05, 4.69) is 9.97 Å². The van der Waals surface area contributed by atoms with Crippen molar-refractivity contribution in [2.45, 2.75) is 48.8 Å². The number of nitrogens with one attached hydrogen (secondary N) is 2. The van der Waals surface area contributed by atoms with E-state index in [9.17, 15) is 18.0 Å². The maximum absolute atomic E-state index is 13.1. The summed E-state index contributed by atoms with van der Waals surface area (Å²) in [5, 5.41) is 0.325. The molecule has 3 aromatic rings. The third-order valence-corrected chi connectivity index (χ3v) is 7.68. The summed E-state index contributed by atoms with van der Waals surface area (Å²) in [6.45, 7) is 2.14. The molecule has 1 aliphatic carbocycles. The predicted octanol–water partition coefficient (Wildman–Crippen LogP) is 2.23. The van der Waals surface area contributed by atoms with Crippen LogP contribution < -0.4 is 11.3 Å². The number of benzene rings is 1. The molecule has 2 heterocycles. The lowest BCUT2D eigenvalue weighted by molar-refractivity contribution is 0.0507. The van der Waals surface area contributed by atoms with Crippen molar-refractivity contribution < 1.29 is 17.9 Å². The Labute approximate surface area is 167 Å². The summed E-state index contributed by atoms with van der Waals surface area (Å²) in [4.78, 5) is 30.6. The number of fused-ring (bicyclic) bond motifs is 3. The van der Waals surface area contributed by atoms with Crippen molar-refractivity contribution in [1.82, 2.24) is 9.97 Å². The molecule has 1 fully saturated rings. The Bertz CT molecular complexity index is 1260. The second-order valence-electron chi connectivity index (χ2n) is 7.49. The fourth-order valence-electron chi connectivity index (χ4n) is 3.96. The van der Waals surface area contributed by atoms with Crippen LogP contribution in [0.3, 0.4) is 0 Å². The summed E-state index contributed by atoms with van der Waals surface area (Å²) in [6, 6.07) is 4.47. The molecule has 0 aliphatic heterocycles. The highest BCUT2D eigenvalue weighted by Gasteiger charge is 2.34. The van der Waals surface area contributed by atoms with Crippen molar-refractivity contribution in [3.63, 3.8) is 0 Å². The van der Waals surface area contributed by atoms with Crippen LogP contribution in [-0.4, -0.2) is 42.3 Å². The number of sulfone groups is 1. The van der Waals surface area contributed by atoms with Crippen LogP contribution >= 0.6 is 0 Å². The number of aromatic amines is 2. The normalized spacial score (nSPS) is 19.8. The number of aromatic nitrogens is 2. The predicted molar refractivity (Wildman–Crippen MR) is 110 cm³/mol. The summed E-state index contributed by atoms with van der Waals surface area (Å²) in [7, 11) is -3.57. The van der Waals surface area contributed by atoms with Crippen LogP contribution in [0.2, 0.25) is 0 Å². The summed E-state index contributed by atoms with van der Waals surface area (Å²) < 4.78 is 31.4. The van der Waals surface area contributed by atoms with Crippen LogP contribution in [0.5, 0.6) is 0 Å². The van der Waals surface area contributed by atoms with Crippen LogP contribution in [-0.2, 0) is 14.6 Å². The number of hydrogen-bond donors (Lipinski definition) is 3. The molecular weight excluding hydrogens is 394 g/mol. The topological polar surface area (TPSA) is 135 Å². The van der Waals surface area contributed by atoms with Crippen LogP contribution in [0.25, 0.3) is 21.8 Å². The van der Waals surface area contributed by atoms with E-state index in [1.807, 2.05) is 6.92 Å². The average molecular weight is 417 g/mol. The minimum absolute atomic E-state index is 0.108. The molecule has 1 aromatic carbocycles. The van der Waals surface area contributed by atoms with Gasteiger partial charge < -0.3 is 20.4 Å². The van der Waals surface area contributed by atoms with Gasteiger partial charge in [-0.25, -0.2) is 13.2 Å². The molecule has 1 aliphatic rings. The van der Waals surface area contributed by atoms with E-state index in [1.54, 1.807) is 6.07 Å². The number of hydrogen-bond acceptors (Lipinski definition) is 6. The molecule has 0 amide bonds. The molecule has 1 unspecified atom stereocenters. The Morgan fingerprint density at radius 1 is 1.31 bits per heavy atom. The molecule has 2 aromatic heterocycles. The van der Waals surface area contributed by atoms with Gasteiger partial charge in [-0.05, 0) is 43.9 Å². The second kappa shape index (κ2) is 7.31. The Balaban J connectivity index is 1.90. The van der Waals surface area contributed by atoms with Crippen LogP contribution in [0, 0.1) is 0 Å². The average Bonchev–Trinajstić information content (AvgIpc) is 3.33. The highest BCUT2D eigenvalue weighted by molar-refractivity contribution is 7.92. The minimum atomic E-state index is -3.57. The zero-order valence-corrected chi connectivity index (χ0v) is 16.8. The van der Waals surface area contributed by atoms with Crippen molar-refractivity contribution in [1.29, 1.82) is 0 Å². The molecule has 9 heteroatoms. The van der Waals surface area contributed by atoms with Gasteiger partial charge in [-0.3, -0.25) is 4.79 Å². The number of rotatable bonds is 5. The van der Waals surface area contributed by atoms with E-state index in [-0.39, 0.29) is 34.2 Å². The van der Waals surface area contributed by atoms with Gasteiger partial charge >= 0.3 is 5.97 Å². The summed E-state index contributed by atoms with van der Waals surface area (Å²) >= 11 is 0. The molecule has 4 rings (SSSR count). The Kier molecular flexibility index (Phi) is 4.95. The van der Waals surface area contributed by atoms with Gasteiger partial charge in [0.25, 0.3) is 5.56 Å². The zero-order chi connectivity index (χ0) is 20.8. The molecule has 29 heavy (non-hydrogen) atoms. The summed E-state index contributed by atoms with van der Waals surface area (Å²) in [5.41, 5.74) is 6.38. The monoisotopic (exact) mass is 417 g/mol. The molecule has 2 atom stereocenters. The fraction of sp³-hybridized carbons (Fsp3) is 0.400. The van der Waals surface area contributed by atoms with Gasteiger partial charge in [0.05, 0.1) is 22.3 Å². The molecule has 0 bridgehead atoms. The molecular formula is C20H23N3O5S. The van der Waals surface area contributed by atoms with E-state index in [0.717, 1.165) is 0 Å². The number of esters is 1. The van der Waals surface area contributed by atoms with Crippen LogP contribution in [0.1, 0.15) is 43.0 Å². The standard InChI is InChI=1S/C20H23N3O5S/c1-2-7-28-20(25)15-10-22-18-17(15)14-9-13(5-6-16(14)23-19(18)24)29(26,27)12-4-3-11(21)8-12/h5-6,9-12,22H,2-4,7-8,21H2,1H3,(H,23,24)/t11?,12-/m0/s1. The maximum atomic E-state index is 13.1. The second-order valence-corrected chi connectivity index (χ2v) is 9.72. The molecule has 0 saturated heterocycles. The van der Waals surface area contributed by atoms with Crippen molar-refractivity contribution in [3.05, 3.63) is 40.3 Å². The maximum Gasteiger partial charge on any atom is 0.340 e. The first kappa shape index (κ1) is 19.7. The highest BCUT2D eigenvalue weighted by Crippen LogP contribution is 2.32. The molecule has 1 saturated carbocycles. The van der Waals surface area contributed by atoms with Gasteiger partial charge in [-0.1, -0.05) is 6.92 Å². The van der Waals surface area contributed by atoms with Crippen LogP contribution in [0.4, 0.5) is 0 Å². The molecule has 0 spiro atoms. The lowest BCUT2D eigenvalue weighted by Gasteiger charge is -2.13. The number of nitrogens with two attached hydrogens (primary N) is 1. The first-order valence-corrected chi connectivity index (χ1v) is 11.2. The van der Waals surface area contributed by atoms with E-state index < -0.39 is 21.1 Å². The SMILES string of the molecule is CCCOC(=O)c1c[nH]c2c(=O)[nH]c3ccc(S(=O)(=O)[C@H]4CCC(N)C4)cc3c12. The highest BCUT2D eigenvalue weighted by atomic mass is 32.2. The van der Waals surface area contributed by atoms with Crippen molar-refractivity contribution >= 4 is 37.6 Å². The minimum Gasteiger partial charge on any atom is -0.462 e. The van der Waals surface area contributed by atoms with E-state index in [4.69, 9.17) is 10.5 Å². The van der Waals surface area contributed by atoms with Crippen molar-refractivity contribution in [3.8, 4) is 0 Å². The zero-order valence-electron chi connectivity index (χ0n) is 16.0. The van der Waals surface area contributed by atoms with Gasteiger partial charge in [-0.2, -0.15) is 0 Å². The number of ether oxygens (including phenoxy) is 1. The number of H-pyrrole nitrogens is 2. The van der Waals surface area contributed by atoms with E-state index >= 15 is 0 Å². The quantitative estimate of drug-likeness (QED) is 0.545. The third kappa shape index (κ3) is 3.34. The Morgan fingerprint density at radius 3 is 2.79 bits per heavy atom. The van der Waals surface area contributed by atoms with Gasteiger partial charge in [0.15, 0.2) is 9.84 Å². The first-order chi connectivity index (χ1) is 13.8. The largest absolute Gasteiger partial charge is 0.462 e. The number of pyridine rings is 1. The summed E-state index contributed by atoms with van der Waals surface area (Å²) in [6.07, 6.45) is 3.73. The molecule has 0 radical (unpaired) electrons.